The average Bonchev–Trinajstić information content (AvgIpc) is 2.05. The second-order valence-corrected chi connectivity index (χ2v) is 4.14. The van der Waals surface area contributed by atoms with E-state index in [1.54, 1.807) is 12.1 Å². The molecule has 0 saturated carbocycles. The molecule has 0 aliphatic carbocycles. The van der Waals surface area contributed by atoms with Crippen LogP contribution in [0.5, 0.6) is 0 Å². The van der Waals surface area contributed by atoms with Gasteiger partial charge in [-0.05, 0) is 34.1 Å². The molecule has 0 aromatic heterocycles. The summed E-state index contributed by atoms with van der Waals surface area (Å²) >= 11 is 6.25. The lowest BCUT2D eigenvalue weighted by Gasteiger charge is -1.97. The topological polar surface area (TPSA) is 0 Å². The van der Waals surface area contributed by atoms with Gasteiger partial charge in [0.1, 0.15) is 0 Å². The highest BCUT2D eigenvalue weighted by atomic mass is 79.9. The second kappa shape index (κ2) is 4.37. The van der Waals surface area contributed by atoms with Crippen LogP contribution in [0.3, 0.4) is 0 Å². The molecular weight excluding hydrogens is 325 g/mol. The van der Waals surface area contributed by atoms with Crippen molar-refractivity contribution in [2.24, 2.45) is 0 Å². The SMILES string of the molecule is FC(F)(F)C#Cc1cc(Br)ccc1Br. The van der Waals surface area contributed by atoms with Crippen molar-refractivity contribution in [3.63, 3.8) is 0 Å². The molecule has 0 atom stereocenters. The van der Waals surface area contributed by atoms with Crippen LogP contribution in [0.2, 0.25) is 0 Å². The van der Waals surface area contributed by atoms with Crippen LogP contribution >= 0.6 is 31.9 Å². The first-order valence-electron chi connectivity index (χ1n) is 3.43. The van der Waals surface area contributed by atoms with Crippen molar-refractivity contribution in [2.75, 3.05) is 0 Å². The third-order valence-corrected chi connectivity index (χ3v) is 2.45. The summed E-state index contributed by atoms with van der Waals surface area (Å²) < 4.78 is 36.5. The van der Waals surface area contributed by atoms with Crippen molar-refractivity contribution >= 4 is 31.9 Å². The Morgan fingerprint density at radius 1 is 1.14 bits per heavy atom. The molecule has 0 N–H and O–H groups in total. The monoisotopic (exact) mass is 326 g/mol. The van der Waals surface area contributed by atoms with Crippen LogP contribution in [0.25, 0.3) is 0 Å². The Balaban J connectivity index is 3.06. The third-order valence-electron chi connectivity index (χ3n) is 1.27. The Labute approximate surface area is 95.8 Å². The van der Waals surface area contributed by atoms with Crippen LogP contribution in [-0.2, 0) is 0 Å². The largest absolute Gasteiger partial charge is 0.458 e. The molecule has 0 aliphatic heterocycles. The van der Waals surface area contributed by atoms with Crippen LogP contribution < -0.4 is 0 Å². The number of alkyl halides is 3. The van der Waals surface area contributed by atoms with E-state index in [0.29, 0.717) is 14.5 Å². The lowest BCUT2D eigenvalue weighted by molar-refractivity contribution is -0.0696. The molecule has 0 unspecified atom stereocenters. The highest BCUT2D eigenvalue weighted by Gasteiger charge is 2.23. The Morgan fingerprint density at radius 3 is 2.36 bits per heavy atom. The number of benzene rings is 1. The van der Waals surface area contributed by atoms with Crippen LogP contribution in [0.1, 0.15) is 5.56 Å². The van der Waals surface area contributed by atoms with Crippen LogP contribution in [0, 0.1) is 11.8 Å². The summed E-state index contributed by atoms with van der Waals surface area (Å²) in [5, 5.41) is 0. The molecule has 0 amide bonds. The first-order chi connectivity index (χ1) is 6.38. The lowest BCUT2D eigenvalue weighted by atomic mass is 10.2. The van der Waals surface area contributed by atoms with Gasteiger partial charge < -0.3 is 0 Å². The molecule has 0 aliphatic rings. The molecule has 0 saturated heterocycles. The summed E-state index contributed by atoms with van der Waals surface area (Å²) in [6, 6.07) is 4.86. The molecule has 0 nitrogen and oxygen atoms in total. The molecule has 5 heteroatoms. The molecule has 0 radical (unpaired) electrons. The van der Waals surface area contributed by atoms with Gasteiger partial charge in [-0.15, -0.1) is 0 Å². The van der Waals surface area contributed by atoms with Crippen LogP contribution in [0.15, 0.2) is 27.1 Å². The van der Waals surface area contributed by atoms with Crippen molar-refractivity contribution in [1.29, 1.82) is 0 Å². The van der Waals surface area contributed by atoms with Crippen molar-refractivity contribution in [3.8, 4) is 11.8 Å². The minimum Gasteiger partial charge on any atom is -0.159 e. The summed E-state index contributed by atoms with van der Waals surface area (Å²) in [5.41, 5.74) is 0.303. The first kappa shape index (κ1) is 11.6. The molecule has 0 bridgehead atoms. The van der Waals surface area contributed by atoms with E-state index < -0.39 is 6.18 Å². The van der Waals surface area contributed by atoms with E-state index in [-0.39, 0.29) is 0 Å². The van der Waals surface area contributed by atoms with Gasteiger partial charge in [-0.2, -0.15) is 13.2 Å². The van der Waals surface area contributed by atoms with Crippen molar-refractivity contribution in [3.05, 3.63) is 32.7 Å². The van der Waals surface area contributed by atoms with Gasteiger partial charge in [-0.3, -0.25) is 0 Å². The zero-order valence-electron chi connectivity index (χ0n) is 6.62. The van der Waals surface area contributed by atoms with E-state index in [2.05, 4.69) is 31.9 Å². The van der Waals surface area contributed by atoms with Crippen LogP contribution in [0.4, 0.5) is 13.2 Å². The highest BCUT2D eigenvalue weighted by molar-refractivity contribution is 9.11. The molecule has 1 aromatic rings. The Morgan fingerprint density at radius 2 is 1.79 bits per heavy atom. The number of hydrogen-bond acceptors (Lipinski definition) is 0. The molecule has 1 rings (SSSR count). The smallest absolute Gasteiger partial charge is 0.159 e. The summed E-state index contributed by atoms with van der Waals surface area (Å²) in [6.07, 6.45) is -4.46. The van der Waals surface area contributed by atoms with Crippen molar-refractivity contribution in [1.82, 2.24) is 0 Å². The molecule has 14 heavy (non-hydrogen) atoms. The fourth-order valence-corrected chi connectivity index (χ4v) is 1.44. The van der Waals surface area contributed by atoms with Gasteiger partial charge >= 0.3 is 6.18 Å². The van der Waals surface area contributed by atoms with E-state index in [1.165, 1.54) is 12.0 Å². The van der Waals surface area contributed by atoms with Gasteiger partial charge in [0.05, 0.1) is 0 Å². The number of rotatable bonds is 0. The lowest BCUT2D eigenvalue weighted by Crippen LogP contribution is -2.01. The molecule has 0 heterocycles. The van der Waals surface area contributed by atoms with E-state index >= 15 is 0 Å². The van der Waals surface area contributed by atoms with Crippen molar-refractivity contribution < 1.29 is 13.2 Å². The zero-order valence-corrected chi connectivity index (χ0v) is 9.79. The van der Waals surface area contributed by atoms with Gasteiger partial charge in [0.15, 0.2) is 0 Å². The Bertz CT molecular complexity index is 399. The van der Waals surface area contributed by atoms with E-state index in [1.807, 2.05) is 5.92 Å². The van der Waals surface area contributed by atoms with Gasteiger partial charge in [-0.25, -0.2) is 0 Å². The fraction of sp³-hybridized carbons (Fsp3) is 0.111. The number of hydrogen-bond donors (Lipinski definition) is 0. The fourth-order valence-electron chi connectivity index (χ4n) is 0.731. The third kappa shape index (κ3) is 3.72. The normalized spacial score (nSPS) is 10.6. The van der Waals surface area contributed by atoms with Gasteiger partial charge in [0.2, 0.25) is 0 Å². The predicted molar refractivity (Wildman–Crippen MR) is 54.8 cm³/mol. The average molecular weight is 328 g/mol. The first-order valence-corrected chi connectivity index (χ1v) is 5.02. The Hall–Kier alpha value is -0.470. The maximum atomic E-state index is 11.8. The minimum atomic E-state index is -4.46. The maximum Gasteiger partial charge on any atom is 0.458 e. The van der Waals surface area contributed by atoms with E-state index in [4.69, 9.17) is 0 Å². The zero-order chi connectivity index (χ0) is 10.8. The number of halogens is 5. The van der Waals surface area contributed by atoms with Crippen LogP contribution in [-0.4, -0.2) is 6.18 Å². The highest BCUT2D eigenvalue weighted by Crippen LogP contribution is 2.21. The minimum absolute atomic E-state index is 0.303. The second-order valence-electron chi connectivity index (χ2n) is 2.37. The molecule has 0 spiro atoms. The van der Waals surface area contributed by atoms with E-state index in [0.717, 1.165) is 0 Å². The molecular formula is C9H3Br2F3. The van der Waals surface area contributed by atoms with Gasteiger partial charge in [-0.1, -0.05) is 21.9 Å². The van der Waals surface area contributed by atoms with Gasteiger partial charge in [0, 0.05) is 20.4 Å². The summed E-state index contributed by atoms with van der Waals surface area (Å²) in [6.45, 7) is 0. The maximum absolute atomic E-state index is 11.8. The summed E-state index contributed by atoms with van der Waals surface area (Å²) in [7, 11) is 0. The standard InChI is InChI=1S/C9H3Br2F3/c10-7-1-2-8(11)6(5-7)3-4-9(12,13)14/h1-2,5H. The quantitative estimate of drug-likeness (QED) is 0.629. The molecule has 0 fully saturated rings. The molecule has 1 aromatic carbocycles. The van der Waals surface area contributed by atoms with E-state index in [9.17, 15) is 13.2 Å². The molecule has 74 valence electrons. The summed E-state index contributed by atoms with van der Waals surface area (Å²) in [4.78, 5) is 0. The predicted octanol–water partition coefficient (Wildman–Crippen LogP) is 4.13. The van der Waals surface area contributed by atoms with Gasteiger partial charge in [0.25, 0.3) is 0 Å². The van der Waals surface area contributed by atoms with Crippen molar-refractivity contribution in [2.45, 2.75) is 6.18 Å². The Kier molecular flexibility index (Phi) is 3.62. The summed E-state index contributed by atoms with van der Waals surface area (Å²) in [5.74, 6) is 3.25.